The van der Waals surface area contributed by atoms with E-state index in [-0.39, 0.29) is 5.91 Å². The first kappa shape index (κ1) is 15.2. The summed E-state index contributed by atoms with van der Waals surface area (Å²) in [6.45, 7) is 3.88. The van der Waals surface area contributed by atoms with Crippen molar-refractivity contribution in [2.75, 3.05) is 27.4 Å². The molecule has 94 valence electrons. The van der Waals surface area contributed by atoms with Gasteiger partial charge in [0.2, 0.25) is 5.91 Å². The SMILES string of the molecule is CNC(=O)C(C(=NO)SC)C(C)(C)N(C)C. The van der Waals surface area contributed by atoms with Crippen molar-refractivity contribution in [3.63, 3.8) is 0 Å². The lowest BCUT2D eigenvalue weighted by Gasteiger charge is -2.38. The Morgan fingerprint density at radius 1 is 1.50 bits per heavy atom. The number of amides is 1. The summed E-state index contributed by atoms with van der Waals surface area (Å²) in [5.41, 5.74) is -0.426. The van der Waals surface area contributed by atoms with Crippen molar-refractivity contribution in [2.24, 2.45) is 11.1 Å². The summed E-state index contributed by atoms with van der Waals surface area (Å²) in [5, 5.41) is 15.2. The predicted octanol–water partition coefficient (Wildman–Crippen LogP) is 0.839. The van der Waals surface area contributed by atoms with Gasteiger partial charge in [0.1, 0.15) is 11.0 Å². The molecule has 0 aliphatic rings. The summed E-state index contributed by atoms with van der Waals surface area (Å²) < 4.78 is 0. The Morgan fingerprint density at radius 2 is 2.00 bits per heavy atom. The number of carbonyl (C=O) groups is 1. The number of thioether (sulfide) groups is 1. The normalized spacial score (nSPS) is 15.1. The van der Waals surface area contributed by atoms with Crippen molar-refractivity contribution in [2.45, 2.75) is 19.4 Å². The van der Waals surface area contributed by atoms with Gasteiger partial charge in [-0.1, -0.05) is 5.16 Å². The van der Waals surface area contributed by atoms with Crippen LogP contribution in [0.2, 0.25) is 0 Å². The Balaban J connectivity index is 5.33. The number of hydrogen-bond donors (Lipinski definition) is 2. The third-order valence-electron chi connectivity index (χ3n) is 2.92. The minimum atomic E-state index is -0.493. The van der Waals surface area contributed by atoms with Crippen molar-refractivity contribution in [3.05, 3.63) is 0 Å². The summed E-state index contributed by atoms with van der Waals surface area (Å²) in [7, 11) is 5.37. The van der Waals surface area contributed by atoms with Crippen LogP contribution in [0.15, 0.2) is 5.16 Å². The van der Waals surface area contributed by atoms with E-state index in [2.05, 4.69) is 10.5 Å². The fourth-order valence-electron chi connectivity index (χ4n) is 1.35. The summed E-state index contributed by atoms with van der Waals surface area (Å²) in [6, 6.07) is 0. The van der Waals surface area contributed by atoms with Crippen molar-refractivity contribution in [1.29, 1.82) is 0 Å². The number of carbonyl (C=O) groups excluding carboxylic acids is 1. The summed E-state index contributed by atoms with van der Waals surface area (Å²) in [4.78, 5) is 13.8. The van der Waals surface area contributed by atoms with Crippen molar-refractivity contribution >= 4 is 22.7 Å². The maximum absolute atomic E-state index is 11.9. The number of rotatable bonds is 4. The van der Waals surface area contributed by atoms with Crippen LogP contribution in [-0.4, -0.2) is 54.0 Å². The average molecular weight is 247 g/mol. The molecule has 0 spiro atoms. The van der Waals surface area contributed by atoms with E-state index in [9.17, 15) is 4.79 Å². The molecule has 1 atom stereocenters. The first-order chi connectivity index (χ1) is 7.32. The molecule has 0 radical (unpaired) electrons. The van der Waals surface area contributed by atoms with Crippen LogP contribution in [0.5, 0.6) is 0 Å². The zero-order valence-electron chi connectivity index (χ0n) is 10.7. The lowest BCUT2D eigenvalue weighted by Crippen LogP contribution is -2.53. The van der Waals surface area contributed by atoms with E-state index >= 15 is 0 Å². The second-order valence-electron chi connectivity index (χ2n) is 4.24. The van der Waals surface area contributed by atoms with Gasteiger partial charge in [0.15, 0.2) is 0 Å². The van der Waals surface area contributed by atoms with E-state index in [4.69, 9.17) is 5.21 Å². The van der Waals surface area contributed by atoms with E-state index in [0.29, 0.717) is 5.04 Å². The maximum Gasteiger partial charge on any atom is 0.231 e. The smallest absolute Gasteiger partial charge is 0.231 e. The molecule has 2 N–H and O–H groups in total. The average Bonchev–Trinajstić information content (AvgIpc) is 2.24. The van der Waals surface area contributed by atoms with E-state index in [1.165, 1.54) is 11.8 Å². The summed E-state index contributed by atoms with van der Waals surface area (Å²) in [6.07, 6.45) is 1.79. The molecule has 0 bridgehead atoms. The molecule has 0 aliphatic carbocycles. The highest BCUT2D eigenvalue weighted by Crippen LogP contribution is 2.27. The molecule has 1 amide bonds. The van der Waals surface area contributed by atoms with Crippen LogP contribution in [0.4, 0.5) is 0 Å². The van der Waals surface area contributed by atoms with Crippen molar-refractivity contribution in [1.82, 2.24) is 10.2 Å². The van der Waals surface area contributed by atoms with Crippen molar-refractivity contribution < 1.29 is 10.0 Å². The number of nitrogens with zero attached hydrogens (tertiary/aromatic N) is 2. The zero-order chi connectivity index (χ0) is 12.9. The molecule has 16 heavy (non-hydrogen) atoms. The standard InChI is InChI=1S/C10H21N3O2S/c1-10(2,13(4)5)7(8(14)11-3)9(12-15)16-6/h7,15H,1-6H3,(H,11,14). The molecule has 0 heterocycles. The minimum Gasteiger partial charge on any atom is -0.410 e. The van der Waals surface area contributed by atoms with Crippen LogP contribution in [0.1, 0.15) is 13.8 Å². The maximum atomic E-state index is 11.9. The molecular weight excluding hydrogens is 226 g/mol. The fourth-order valence-corrected chi connectivity index (χ4v) is 2.07. The van der Waals surface area contributed by atoms with Gasteiger partial charge in [-0.15, -0.1) is 11.8 Å². The van der Waals surface area contributed by atoms with Gasteiger partial charge >= 0.3 is 0 Å². The van der Waals surface area contributed by atoms with Crippen LogP contribution in [-0.2, 0) is 4.79 Å². The molecule has 0 aromatic heterocycles. The van der Waals surface area contributed by atoms with Gasteiger partial charge in [-0.2, -0.15) is 0 Å². The topological polar surface area (TPSA) is 64.9 Å². The molecule has 0 rings (SSSR count). The highest BCUT2D eigenvalue weighted by atomic mass is 32.2. The Hall–Kier alpha value is -0.750. The first-order valence-electron chi connectivity index (χ1n) is 4.97. The van der Waals surface area contributed by atoms with Gasteiger partial charge in [-0.25, -0.2) is 0 Å². The van der Waals surface area contributed by atoms with Crippen LogP contribution in [0.25, 0.3) is 0 Å². The highest BCUT2D eigenvalue weighted by Gasteiger charge is 2.40. The molecule has 0 aromatic carbocycles. The third kappa shape index (κ3) is 3.12. The summed E-state index contributed by atoms with van der Waals surface area (Å²) in [5.74, 6) is -0.645. The Bertz CT molecular complexity index is 277. The molecule has 6 heteroatoms. The molecule has 0 aliphatic heterocycles. The zero-order valence-corrected chi connectivity index (χ0v) is 11.6. The van der Waals surface area contributed by atoms with Gasteiger partial charge in [0.05, 0.1) is 0 Å². The lowest BCUT2D eigenvalue weighted by atomic mass is 9.86. The molecule has 0 fully saturated rings. The third-order valence-corrected chi connectivity index (χ3v) is 3.66. The number of oxime groups is 1. The van der Waals surface area contributed by atoms with Gasteiger partial charge in [-0.3, -0.25) is 4.79 Å². The monoisotopic (exact) mass is 247 g/mol. The van der Waals surface area contributed by atoms with Gasteiger partial charge < -0.3 is 15.4 Å². The van der Waals surface area contributed by atoms with Crippen LogP contribution in [0, 0.1) is 5.92 Å². The number of hydrogen-bond acceptors (Lipinski definition) is 5. The molecule has 0 aromatic rings. The van der Waals surface area contributed by atoms with Crippen LogP contribution >= 0.6 is 11.8 Å². The predicted molar refractivity (Wildman–Crippen MR) is 68.1 cm³/mol. The Morgan fingerprint density at radius 3 is 2.25 bits per heavy atom. The Kier molecular flexibility index (Phi) is 5.81. The fraction of sp³-hybridized carbons (Fsp3) is 0.800. The first-order valence-corrected chi connectivity index (χ1v) is 6.20. The lowest BCUT2D eigenvalue weighted by molar-refractivity contribution is -0.125. The second-order valence-corrected chi connectivity index (χ2v) is 5.06. The molecule has 5 nitrogen and oxygen atoms in total. The van der Waals surface area contributed by atoms with E-state index in [1.54, 1.807) is 13.3 Å². The van der Waals surface area contributed by atoms with Gasteiger partial charge in [0, 0.05) is 12.6 Å². The molecule has 1 unspecified atom stereocenters. The minimum absolute atomic E-state index is 0.152. The van der Waals surface area contributed by atoms with Crippen LogP contribution in [0.3, 0.4) is 0 Å². The van der Waals surface area contributed by atoms with Gasteiger partial charge in [0.25, 0.3) is 0 Å². The Labute approximate surface area is 101 Å². The molecular formula is C10H21N3O2S. The van der Waals surface area contributed by atoms with Gasteiger partial charge in [-0.05, 0) is 34.2 Å². The largest absolute Gasteiger partial charge is 0.410 e. The van der Waals surface area contributed by atoms with Crippen molar-refractivity contribution in [3.8, 4) is 0 Å². The highest BCUT2D eigenvalue weighted by molar-refractivity contribution is 8.13. The molecule has 0 saturated heterocycles. The van der Waals surface area contributed by atoms with E-state index in [1.807, 2.05) is 32.8 Å². The van der Waals surface area contributed by atoms with Crippen LogP contribution < -0.4 is 5.32 Å². The summed E-state index contributed by atoms with van der Waals surface area (Å²) >= 11 is 1.28. The number of nitrogens with one attached hydrogen (secondary N) is 1. The molecule has 0 saturated carbocycles. The van der Waals surface area contributed by atoms with E-state index in [0.717, 1.165) is 0 Å². The quantitative estimate of drug-likeness (QED) is 0.334. The van der Waals surface area contributed by atoms with E-state index < -0.39 is 11.5 Å². The second kappa shape index (κ2) is 6.10.